The minimum Gasteiger partial charge on any atom is -0.454 e. The third-order valence-electron chi connectivity index (χ3n) is 4.50. The third-order valence-corrected chi connectivity index (χ3v) is 4.50. The summed E-state index contributed by atoms with van der Waals surface area (Å²) < 4.78 is 12.4. The topological polar surface area (TPSA) is 77.8 Å². The molecule has 3 heterocycles. The summed E-state index contributed by atoms with van der Waals surface area (Å²) >= 11 is 0. The van der Waals surface area contributed by atoms with Crippen LogP contribution in [-0.2, 0) is 12.0 Å². The lowest BCUT2D eigenvalue weighted by atomic mass is 9.93. The van der Waals surface area contributed by atoms with E-state index >= 15 is 0 Å². The summed E-state index contributed by atoms with van der Waals surface area (Å²) in [4.78, 5) is 17.1. The van der Waals surface area contributed by atoms with E-state index in [0.717, 1.165) is 22.7 Å². The number of rotatable bonds is 3. The van der Waals surface area contributed by atoms with Crippen molar-refractivity contribution in [3.63, 3.8) is 0 Å². The summed E-state index contributed by atoms with van der Waals surface area (Å²) in [5.74, 6) is 1.20. The fraction of sp³-hybridized carbons (Fsp3) is 0.350. The number of fused-ring (bicyclic) bond motifs is 2. The molecule has 27 heavy (non-hydrogen) atoms. The van der Waals surface area contributed by atoms with E-state index in [4.69, 9.17) is 9.47 Å². The van der Waals surface area contributed by atoms with Gasteiger partial charge in [-0.05, 0) is 30.7 Å². The Morgan fingerprint density at radius 1 is 1.19 bits per heavy atom. The zero-order valence-corrected chi connectivity index (χ0v) is 15.9. The highest BCUT2D eigenvalue weighted by Crippen LogP contribution is 2.32. The molecule has 1 aromatic carbocycles. The van der Waals surface area contributed by atoms with Gasteiger partial charge in [-0.1, -0.05) is 26.8 Å². The second kappa shape index (κ2) is 6.26. The lowest BCUT2D eigenvalue weighted by Gasteiger charge is -2.13. The van der Waals surface area contributed by atoms with Crippen LogP contribution >= 0.6 is 0 Å². The number of aromatic nitrogens is 3. The SMILES string of the molecule is Cc1cc(C(=O)NCc2ccc3c(c2)OCO3)nc2cc(C(C)(C)C)nn12. The average molecular weight is 366 g/mol. The van der Waals surface area contributed by atoms with Gasteiger partial charge in [0.1, 0.15) is 5.69 Å². The van der Waals surface area contributed by atoms with E-state index in [2.05, 4.69) is 36.2 Å². The average Bonchev–Trinajstić information content (AvgIpc) is 3.25. The molecule has 4 rings (SSSR count). The van der Waals surface area contributed by atoms with Gasteiger partial charge in [-0.15, -0.1) is 0 Å². The summed E-state index contributed by atoms with van der Waals surface area (Å²) in [7, 11) is 0. The quantitative estimate of drug-likeness (QED) is 0.771. The molecule has 1 N–H and O–H groups in total. The Morgan fingerprint density at radius 3 is 2.74 bits per heavy atom. The van der Waals surface area contributed by atoms with Gasteiger partial charge in [0.15, 0.2) is 17.1 Å². The zero-order valence-electron chi connectivity index (χ0n) is 15.9. The molecule has 0 bridgehead atoms. The van der Waals surface area contributed by atoms with Crippen molar-refractivity contribution in [1.82, 2.24) is 19.9 Å². The van der Waals surface area contributed by atoms with Crippen molar-refractivity contribution < 1.29 is 14.3 Å². The van der Waals surface area contributed by atoms with Gasteiger partial charge in [0, 0.05) is 23.7 Å². The molecule has 0 saturated carbocycles. The first-order valence-corrected chi connectivity index (χ1v) is 8.86. The molecular formula is C20H22N4O3. The van der Waals surface area contributed by atoms with Gasteiger partial charge in [-0.25, -0.2) is 9.50 Å². The lowest BCUT2D eigenvalue weighted by molar-refractivity contribution is 0.0946. The molecule has 140 valence electrons. The highest BCUT2D eigenvalue weighted by molar-refractivity contribution is 5.92. The van der Waals surface area contributed by atoms with Crippen LogP contribution in [0, 0.1) is 6.92 Å². The van der Waals surface area contributed by atoms with Crippen LogP contribution in [0.4, 0.5) is 0 Å². The van der Waals surface area contributed by atoms with Crippen LogP contribution in [0.25, 0.3) is 5.65 Å². The maximum atomic E-state index is 12.6. The van der Waals surface area contributed by atoms with Crippen LogP contribution in [0.5, 0.6) is 11.5 Å². The highest BCUT2D eigenvalue weighted by atomic mass is 16.7. The number of ether oxygens (including phenoxy) is 2. The Kier molecular flexibility index (Phi) is 4.02. The molecule has 1 amide bonds. The van der Waals surface area contributed by atoms with Crippen LogP contribution in [0.3, 0.4) is 0 Å². The minimum atomic E-state index is -0.225. The maximum Gasteiger partial charge on any atom is 0.270 e. The molecule has 0 aliphatic carbocycles. The van der Waals surface area contributed by atoms with Crippen LogP contribution in [0.1, 0.15) is 48.2 Å². The smallest absolute Gasteiger partial charge is 0.270 e. The number of aryl methyl sites for hydroxylation is 1. The van der Waals surface area contributed by atoms with Gasteiger partial charge in [0.05, 0.1) is 5.69 Å². The van der Waals surface area contributed by atoms with Crippen molar-refractivity contribution in [2.24, 2.45) is 0 Å². The van der Waals surface area contributed by atoms with Gasteiger partial charge in [0.25, 0.3) is 5.91 Å². The maximum absolute atomic E-state index is 12.6. The predicted molar refractivity (Wildman–Crippen MR) is 100 cm³/mol. The normalized spacial score (nSPS) is 13.2. The number of hydrogen-bond donors (Lipinski definition) is 1. The van der Waals surface area contributed by atoms with Crippen molar-refractivity contribution in [2.75, 3.05) is 6.79 Å². The van der Waals surface area contributed by atoms with E-state index in [0.29, 0.717) is 23.6 Å². The fourth-order valence-electron chi connectivity index (χ4n) is 2.93. The standard InChI is InChI=1S/C20H22N4O3/c1-12-7-14(22-18-9-17(20(2,3)4)23-24(12)18)19(25)21-10-13-5-6-15-16(8-13)27-11-26-15/h5-9H,10-11H2,1-4H3,(H,21,25). The molecule has 0 atom stereocenters. The molecular weight excluding hydrogens is 344 g/mol. The summed E-state index contributed by atoms with van der Waals surface area (Å²) in [6.45, 7) is 8.84. The molecule has 0 spiro atoms. The van der Waals surface area contributed by atoms with E-state index in [1.165, 1.54) is 0 Å². The van der Waals surface area contributed by atoms with Gasteiger partial charge >= 0.3 is 0 Å². The summed E-state index contributed by atoms with van der Waals surface area (Å²) in [6, 6.07) is 9.31. The first-order valence-electron chi connectivity index (χ1n) is 8.86. The number of carbonyl (C=O) groups excluding carboxylic acids is 1. The molecule has 3 aromatic rings. The third kappa shape index (κ3) is 3.32. The van der Waals surface area contributed by atoms with Crippen molar-refractivity contribution in [3.05, 3.63) is 53.0 Å². The molecule has 1 aliphatic rings. The molecule has 0 unspecified atom stereocenters. The van der Waals surface area contributed by atoms with E-state index in [1.54, 1.807) is 10.6 Å². The molecule has 0 radical (unpaired) electrons. The first-order chi connectivity index (χ1) is 12.8. The molecule has 7 nitrogen and oxygen atoms in total. The van der Waals surface area contributed by atoms with Crippen LogP contribution in [-0.4, -0.2) is 27.3 Å². The van der Waals surface area contributed by atoms with Gasteiger partial charge in [0.2, 0.25) is 6.79 Å². The van der Waals surface area contributed by atoms with E-state index < -0.39 is 0 Å². The predicted octanol–water partition coefficient (Wildman–Crippen LogP) is 2.99. The Labute approximate surface area is 157 Å². The number of hydrogen-bond acceptors (Lipinski definition) is 5. The van der Waals surface area contributed by atoms with E-state index in [-0.39, 0.29) is 18.1 Å². The Bertz CT molecular complexity index is 1030. The number of benzene rings is 1. The van der Waals surface area contributed by atoms with Crippen LogP contribution in [0.2, 0.25) is 0 Å². The number of amides is 1. The van der Waals surface area contributed by atoms with E-state index in [1.807, 2.05) is 31.2 Å². The van der Waals surface area contributed by atoms with Gasteiger partial charge in [-0.3, -0.25) is 4.79 Å². The minimum absolute atomic E-state index is 0.0814. The van der Waals surface area contributed by atoms with Gasteiger partial charge < -0.3 is 14.8 Å². The van der Waals surface area contributed by atoms with Crippen molar-refractivity contribution in [2.45, 2.75) is 39.7 Å². The molecule has 1 aliphatic heterocycles. The van der Waals surface area contributed by atoms with Gasteiger partial charge in [-0.2, -0.15) is 5.10 Å². The Hall–Kier alpha value is -3.09. The number of carbonyl (C=O) groups is 1. The fourth-order valence-corrected chi connectivity index (χ4v) is 2.93. The largest absolute Gasteiger partial charge is 0.454 e. The number of nitrogens with zero attached hydrogens (tertiary/aromatic N) is 3. The Morgan fingerprint density at radius 2 is 1.96 bits per heavy atom. The summed E-state index contributed by atoms with van der Waals surface area (Å²) in [6.07, 6.45) is 0. The van der Waals surface area contributed by atoms with Crippen LogP contribution < -0.4 is 14.8 Å². The second-order valence-corrected chi connectivity index (χ2v) is 7.70. The zero-order chi connectivity index (χ0) is 19.2. The van der Waals surface area contributed by atoms with E-state index in [9.17, 15) is 4.79 Å². The second-order valence-electron chi connectivity index (χ2n) is 7.70. The molecule has 0 saturated heterocycles. The van der Waals surface area contributed by atoms with Crippen molar-refractivity contribution >= 4 is 11.6 Å². The Balaban J connectivity index is 1.54. The summed E-state index contributed by atoms with van der Waals surface area (Å²) in [5, 5.41) is 7.52. The molecule has 7 heteroatoms. The van der Waals surface area contributed by atoms with Crippen molar-refractivity contribution in [1.29, 1.82) is 0 Å². The lowest BCUT2D eigenvalue weighted by Crippen LogP contribution is -2.24. The summed E-state index contributed by atoms with van der Waals surface area (Å²) in [5.41, 5.74) is 3.71. The monoisotopic (exact) mass is 366 g/mol. The first kappa shape index (κ1) is 17.3. The molecule has 0 fully saturated rings. The highest BCUT2D eigenvalue weighted by Gasteiger charge is 2.20. The molecule has 2 aromatic heterocycles. The van der Waals surface area contributed by atoms with Crippen molar-refractivity contribution in [3.8, 4) is 11.5 Å². The number of nitrogens with one attached hydrogen (secondary N) is 1. The van der Waals surface area contributed by atoms with Crippen LogP contribution in [0.15, 0.2) is 30.3 Å².